The van der Waals surface area contributed by atoms with E-state index in [1.807, 2.05) is 0 Å². The van der Waals surface area contributed by atoms with Crippen molar-refractivity contribution < 1.29 is 4.57 Å². The first-order valence-electron chi connectivity index (χ1n) is 7.18. The maximum absolute atomic E-state index is 2.30. The lowest BCUT2D eigenvalue weighted by Gasteiger charge is -2.17. The van der Waals surface area contributed by atoms with Gasteiger partial charge in [-0.1, -0.05) is 42.8 Å². The van der Waals surface area contributed by atoms with Gasteiger partial charge in [0.05, 0.1) is 12.6 Å². The molecule has 0 amide bonds. The van der Waals surface area contributed by atoms with Crippen LogP contribution in [0.3, 0.4) is 0 Å². The van der Waals surface area contributed by atoms with Crippen molar-refractivity contribution >= 4 is 5.57 Å². The summed E-state index contributed by atoms with van der Waals surface area (Å²) in [6.07, 6.45) is 9.96. The second kappa shape index (κ2) is 5.12. The average molecular weight is 265 g/mol. The Morgan fingerprint density at radius 2 is 1.95 bits per heavy atom. The molecule has 0 saturated heterocycles. The van der Waals surface area contributed by atoms with E-state index in [0.717, 1.165) is 6.42 Å². The molecule has 102 valence electrons. The van der Waals surface area contributed by atoms with Gasteiger partial charge < -0.3 is 0 Å². The first kappa shape index (κ1) is 12.9. The molecule has 2 heteroatoms. The van der Waals surface area contributed by atoms with Crippen LogP contribution in [0.25, 0.3) is 11.3 Å². The molecule has 0 saturated carbocycles. The van der Waals surface area contributed by atoms with Gasteiger partial charge in [0.2, 0.25) is 0 Å². The molecule has 1 aromatic carbocycles. The minimum absolute atomic E-state index is 0.620. The van der Waals surface area contributed by atoms with E-state index in [2.05, 4.69) is 84.9 Å². The number of allylic oxidation sites excluding steroid dienone is 4. The third kappa shape index (κ3) is 2.11. The smallest absolute Gasteiger partial charge is 0.232 e. The van der Waals surface area contributed by atoms with Gasteiger partial charge in [0, 0.05) is 0 Å². The molecule has 0 N–H and O–H groups in total. The molecule has 2 aromatic rings. The second-order valence-electron chi connectivity index (χ2n) is 5.57. The van der Waals surface area contributed by atoms with Crippen molar-refractivity contribution in [3.63, 3.8) is 0 Å². The molecule has 0 spiro atoms. The molecule has 1 heterocycles. The second-order valence-corrected chi connectivity index (χ2v) is 5.57. The number of benzene rings is 1. The number of aromatic nitrogens is 2. The Morgan fingerprint density at radius 1 is 1.20 bits per heavy atom. The van der Waals surface area contributed by atoms with E-state index in [1.165, 1.54) is 22.7 Å². The maximum Gasteiger partial charge on any atom is 0.293 e. The highest BCUT2D eigenvalue weighted by Crippen LogP contribution is 2.30. The van der Waals surface area contributed by atoms with Crippen molar-refractivity contribution in [2.75, 3.05) is 0 Å². The van der Waals surface area contributed by atoms with Gasteiger partial charge in [0.25, 0.3) is 5.82 Å². The van der Waals surface area contributed by atoms with E-state index in [9.17, 15) is 0 Å². The fourth-order valence-electron chi connectivity index (χ4n) is 2.81. The molecule has 20 heavy (non-hydrogen) atoms. The van der Waals surface area contributed by atoms with Gasteiger partial charge >= 0.3 is 0 Å². The molecule has 1 atom stereocenters. The zero-order valence-electron chi connectivity index (χ0n) is 12.4. The number of aryl methyl sites for hydroxylation is 1. The van der Waals surface area contributed by atoms with Crippen LogP contribution < -0.4 is 4.57 Å². The summed E-state index contributed by atoms with van der Waals surface area (Å²) >= 11 is 0. The lowest BCUT2D eigenvalue weighted by molar-refractivity contribution is -0.672. The van der Waals surface area contributed by atoms with Crippen molar-refractivity contribution in [2.45, 2.75) is 20.3 Å². The summed E-state index contributed by atoms with van der Waals surface area (Å²) < 4.78 is 4.47. The van der Waals surface area contributed by atoms with Gasteiger partial charge in [-0.2, -0.15) is 4.57 Å². The molecule has 0 radical (unpaired) electrons. The average Bonchev–Trinajstić information content (AvgIpc) is 2.85. The van der Waals surface area contributed by atoms with Crippen LogP contribution in [0.1, 0.15) is 26.1 Å². The Hall–Kier alpha value is -2.09. The van der Waals surface area contributed by atoms with E-state index in [0.29, 0.717) is 5.92 Å². The number of nitrogens with zero attached hydrogens (tertiary/aromatic N) is 2. The summed E-state index contributed by atoms with van der Waals surface area (Å²) in [6, 6.07) is 10.5. The van der Waals surface area contributed by atoms with Crippen molar-refractivity contribution in [2.24, 2.45) is 13.0 Å². The quantitative estimate of drug-likeness (QED) is 0.733. The van der Waals surface area contributed by atoms with Gasteiger partial charge in [0.1, 0.15) is 18.1 Å². The Labute approximate surface area is 120 Å². The molecule has 1 unspecified atom stereocenters. The molecule has 1 aromatic heterocycles. The van der Waals surface area contributed by atoms with Crippen LogP contribution in [0.2, 0.25) is 0 Å². The van der Waals surface area contributed by atoms with E-state index < -0.39 is 0 Å². The zero-order chi connectivity index (χ0) is 14.1. The van der Waals surface area contributed by atoms with E-state index in [4.69, 9.17) is 0 Å². The summed E-state index contributed by atoms with van der Waals surface area (Å²) in [4.78, 5) is 0. The van der Waals surface area contributed by atoms with Crippen molar-refractivity contribution in [1.82, 2.24) is 4.57 Å². The van der Waals surface area contributed by atoms with Crippen molar-refractivity contribution in [1.29, 1.82) is 0 Å². The summed E-state index contributed by atoms with van der Waals surface area (Å²) in [6.45, 7) is 4.56. The molecular weight excluding hydrogens is 244 g/mol. The highest BCUT2D eigenvalue weighted by molar-refractivity contribution is 5.73. The van der Waals surface area contributed by atoms with Gasteiger partial charge in [-0.05, 0) is 31.4 Å². The number of hydrogen-bond acceptors (Lipinski definition) is 0. The minimum atomic E-state index is 0.620. The summed E-state index contributed by atoms with van der Waals surface area (Å²) in [7, 11) is 2.11. The third-order valence-electron chi connectivity index (χ3n) is 4.22. The van der Waals surface area contributed by atoms with Crippen molar-refractivity contribution in [3.8, 4) is 5.69 Å². The fourth-order valence-corrected chi connectivity index (χ4v) is 2.81. The molecule has 0 fully saturated rings. The topological polar surface area (TPSA) is 8.81 Å². The maximum atomic E-state index is 2.30. The Kier molecular flexibility index (Phi) is 3.31. The van der Waals surface area contributed by atoms with E-state index in [1.54, 1.807) is 0 Å². The normalized spacial score (nSPS) is 18.6. The molecular formula is C18H21N2+. The van der Waals surface area contributed by atoms with E-state index >= 15 is 0 Å². The predicted molar refractivity (Wildman–Crippen MR) is 82.5 cm³/mol. The van der Waals surface area contributed by atoms with Crippen LogP contribution in [-0.2, 0) is 7.05 Å². The SMILES string of the molecule is CC1=C(c2n(-c3ccccc3)cc[n+]2C)C=CCC1C. The lowest BCUT2D eigenvalue weighted by Crippen LogP contribution is -2.32. The molecule has 1 aliphatic carbocycles. The van der Waals surface area contributed by atoms with Crippen LogP contribution in [-0.4, -0.2) is 4.57 Å². The minimum Gasteiger partial charge on any atom is -0.232 e. The van der Waals surface area contributed by atoms with Gasteiger partial charge in [-0.15, -0.1) is 0 Å². The van der Waals surface area contributed by atoms with Gasteiger partial charge in [-0.3, -0.25) is 0 Å². The molecule has 0 aliphatic heterocycles. The van der Waals surface area contributed by atoms with Crippen LogP contribution in [0, 0.1) is 5.92 Å². The summed E-state index contributed by atoms with van der Waals surface area (Å²) in [5.74, 6) is 1.87. The monoisotopic (exact) mass is 265 g/mol. The Bertz CT molecular complexity index is 675. The highest BCUT2D eigenvalue weighted by Gasteiger charge is 2.24. The van der Waals surface area contributed by atoms with Crippen LogP contribution >= 0.6 is 0 Å². The van der Waals surface area contributed by atoms with Gasteiger partial charge in [0.15, 0.2) is 0 Å². The first-order chi connectivity index (χ1) is 9.68. The largest absolute Gasteiger partial charge is 0.293 e. The number of hydrogen-bond donors (Lipinski definition) is 0. The predicted octanol–water partition coefficient (Wildman–Crippen LogP) is 3.67. The Morgan fingerprint density at radius 3 is 2.70 bits per heavy atom. The van der Waals surface area contributed by atoms with Crippen LogP contribution in [0.4, 0.5) is 0 Å². The number of rotatable bonds is 2. The highest BCUT2D eigenvalue weighted by atomic mass is 15.1. The first-order valence-corrected chi connectivity index (χ1v) is 7.18. The molecule has 2 nitrogen and oxygen atoms in total. The molecule has 3 rings (SSSR count). The Balaban J connectivity index is 2.18. The van der Waals surface area contributed by atoms with Crippen molar-refractivity contribution in [3.05, 3.63) is 66.3 Å². The summed E-state index contributed by atoms with van der Waals surface area (Å²) in [5.41, 5.74) is 4.02. The zero-order valence-corrected chi connectivity index (χ0v) is 12.4. The third-order valence-corrected chi connectivity index (χ3v) is 4.22. The van der Waals surface area contributed by atoms with E-state index in [-0.39, 0.29) is 0 Å². The standard InChI is InChI=1S/C18H21N2/c1-14-8-7-11-17(15(14)2)18-19(3)12-13-20(18)16-9-5-4-6-10-16/h4-7,9-14H,8H2,1-3H3/q+1. The van der Waals surface area contributed by atoms with Gasteiger partial charge in [-0.25, -0.2) is 4.57 Å². The number of imidazole rings is 1. The summed E-state index contributed by atoms with van der Waals surface area (Å²) in [5, 5.41) is 0. The molecule has 0 bridgehead atoms. The van der Waals surface area contributed by atoms with Crippen LogP contribution in [0.5, 0.6) is 0 Å². The number of para-hydroxylation sites is 1. The lowest BCUT2D eigenvalue weighted by atomic mass is 9.89. The fraction of sp³-hybridized carbons (Fsp3) is 0.278. The van der Waals surface area contributed by atoms with Crippen LogP contribution in [0.15, 0.2) is 60.5 Å². The molecule has 1 aliphatic rings.